The number of rotatable bonds is 4. The molecule has 2 heteroatoms. The average Bonchev–Trinajstić information content (AvgIpc) is 2.39. The number of carbonyl (C=O) groups excluding carboxylic acids is 1. The molecule has 0 heterocycles. The normalized spacial score (nSPS) is 29.8. The van der Waals surface area contributed by atoms with Gasteiger partial charge in [0.25, 0.3) is 6.47 Å². The summed E-state index contributed by atoms with van der Waals surface area (Å²) in [7, 11) is 0. The van der Waals surface area contributed by atoms with Crippen molar-refractivity contribution in [3.8, 4) is 0 Å². The summed E-state index contributed by atoms with van der Waals surface area (Å²) in [5, 5.41) is 0. The SMILES string of the molecule is C=CCC1CCCC1OC=O. The van der Waals surface area contributed by atoms with Gasteiger partial charge in [-0.1, -0.05) is 6.08 Å². The number of carbonyl (C=O) groups is 1. The molecule has 0 aliphatic heterocycles. The van der Waals surface area contributed by atoms with Crippen molar-refractivity contribution in [2.45, 2.75) is 31.8 Å². The van der Waals surface area contributed by atoms with Gasteiger partial charge >= 0.3 is 0 Å². The van der Waals surface area contributed by atoms with Crippen molar-refractivity contribution in [2.24, 2.45) is 5.92 Å². The molecule has 0 N–H and O–H groups in total. The van der Waals surface area contributed by atoms with Gasteiger partial charge in [0.2, 0.25) is 0 Å². The Morgan fingerprint density at radius 1 is 1.55 bits per heavy atom. The van der Waals surface area contributed by atoms with Crippen molar-refractivity contribution in [3.63, 3.8) is 0 Å². The van der Waals surface area contributed by atoms with Crippen LogP contribution < -0.4 is 0 Å². The molecule has 0 aromatic heterocycles. The number of ether oxygens (including phenoxy) is 1. The maximum Gasteiger partial charge on any atom is 0.293 e. The van der Waals surface area contributed by atoms with Crippen molar-refractivity contribution in [1.29, 1.82) is 0 Å². The summed E-state index contributed by atoms with van der Waals surface area (Å²) in [5.41, 5.74) is 0. The van der Waals surface area contributed by atoms with E-state index in [-0.39, 0.29) is 6.10 Å². The van der Waals surface area contributed by atoms with E-state index in [2.05, 4.69) is 6.58 Å². The molecule has 0 bridgehead atoms. The fraction of sp³-hybridized carbons (Fsp3) is 0.667. The van der Waals surface area contributed by atoms with Crippen LogP contribution in [0.5, 0.6) is 0 Å². The van der Waals surface area contributed by atoms with E-state index < -0.39 is 0 Å². The fourth-order valence-corrected chi connectivity index (χ4v) is 1.74. The van der Waals surface area contributed by atoms with Crippen molar-refractivity contribution in [1.82, 2.24) is 0 Å². The Kier molecular flexibility index (Phi) is 3.14. The third-order valence-electron chi connectivity index (χ3n) is 2.29. The first-order valence-electron chi connectivity index (χ1n) is 4.08. The van der Waals surface area contributed by atoms with E-state index in [4.69, 9.17) is 4.74 Å². The van der Waals surface area contributed by atoms with Crippen LogP contribution in [0, 0.1) is 5.92 Å². The van der Waals surface area contributed by atoms with Gasteiger partial charge in [-0.25, -0.2) is 0 Å². The molecule has 0 aromatic carbocycles. The Balaban J connectivity index is 2.36. The summed E-state index contributed by atoms with van der Waals surface area (Å²) in [6.45, 7) is 4.24. The van der Waals surface area contributed by atoms with E-state index in [9.17, 15) is 4.79 Å². The standard InChI is InChI=1S/C9H14O2/c1-2-4-8-5-3-6-9(8)11-7-10/h2,7-9H,1,3-6H2. The first kappa shape index (κ1) is 8.31. The van der Waals surface area contributed by atoms with Crippen molar-refractivity contribution < 1.29 is 9.53 Å². The molecule has 0 amide bonds. The summed E-state index contributed by atoms with van der Waals surface area (Å²) in [4.78, 5) is 10.1. The second-order valence-corrected chi connectivity index (χ2v) is 2.99. The van der Waals surface area contributed by atoms with Crippen LogP contribution in [-0.2, 0) is 9.53 Å². The molecule has 1 rings (SSSR count). The lowest BCUT2D eigenvalue weighted by Gasteiger charge is -2.15. The molecule has 0 aromatic rings. The Bertz CT molecular complexity index is 126. The van der Waals surface area contributed by atoms with E-state index in [0.29, 0.717) is 12.4 Å². The lowest BCUT2D eigenvalue weighted by molar-refractivity contribution is -0.135. The first-order chi connectivity index (χ1) is 5.38. The molecule has 1 aliphatic rings. The van der Waals surface area contributed by atoms with Gasteiger partial charge in [-0.05, 0) is 31.6 Å². The maximum absolute atomic E-state index is 10.1. The monoisotopic (exact) mass is 154 g/mol. The second-order valence-electron chi connectivity index (χ2n) is 2.99. The molecule has 2 atom stereocenters. The van der Waals surface area contributed by atoms with Crippen molar-refractivity contribution in [3.05, 3.63) is 12.7 Å². The molecule has 0 spiro atoms. The minimum atomic E-state index is 0.158. The molecular weight excluding hydrogens is 140 g/mol. The smallest absolute Gasteiger partial charge is 0.293 e. The molecule has 1 aliphatic carbocycles. The van der Waals surface area contributed by atoms with Gasteiger partial charge in [-0.2, -0.15) is 0 Å². The van der Waals surface area contributed by atoms with Gasteiger partial charge in [-0.3, -0.25) is 4.79 Å². The first-order valence-corrected chi connectivity index (χ1v) is 4.08. The molecule has 2 unspecified atom stereocenters. The van der Waals surface area contributed by atoms with Crippen LogP contribution in [0.2, 0.25) is 0 Å². The molecule has 11 heavy (non-hydrogen) atoms. The molecule has 62 valence electrons. The number of hydrogen-bond donors (Lipinski definition) is 0. The Morgan fingerprint density at radius 2 is 2.36 bits per heavy atom. The average molecular weight is 154 g/mol. The summed E-state index contributed by atoms with van der Waals surface area (Å²) in [5.74, 6) is 0.526. The highest BCUT2D eigenvalue weighted by atomic mass is 16.5. The summed E-state index contributed by atoms with van der Waals surface area (Å²) >= 11 is 0. The molecular formula is C9H14O2. The van der Waals surface area contributed by atoms with Crippen LogP contribution >= 0.6 is 0 Å². The highest BCUT2D eigenvalue weighted by Crippen LogP contribution is 2.30. The number of allylic oxidation sites excluding steroid dienone is 1. The zero-order valence-corrected chi connectivity index (χ0v) is 6.66. The van der Waals surface area contributed by atoms with Crippen LogP contribution in [0.15, 0.2) is 12.7 Å². The van der Waals surface area contributed by atoms with E-state index in [1.54, 1.807) is 0 Å². The largest absolute Gasteiger partial charge is 0.464 e. The molecule has 0 radical (unpaired) electrons. The zero-order chi connectivity index (χ0) is 8.10. The van der Waals surface area contributed by atoms with Crippen LogP contribution in [-0.4, -0.2) is 12.6 Å². The van der Waals surface area contributed by atoms with Crippen LogP contribution in [0.4, 0.5) is 0 Å². The highest BCUT2D eigenvalue weighted by Gasteiger charge is 2.26. The minimum absolute atomic E-state index is 0.158. The van der Waals surface area contributed by atoms with Crippen LogP contribution in [0.25, 0.3) is 0 Å². The maximum atomic E-state index is 10.1. The predicted octanol–water partition coefficient (Wildman–Crippen LogP) is 1.90. The fourth-order valence-electron chi connectivity index (χ4n) is 1.74. The quantitative estimate of drug-likeness (QED) is 0.456. The topological polar surface area (TPSA) is 26.3 Å². The van der Waals surface area contributed by atoms with E-state index in [0.717, 1.165) is 12.8 Å². The third-order valence-corrected chi connectivity index (χ3v) is 2.29. The minimum Gasteiger partial charge on any atom is -0.464 e. The highest BCUT2D eigenvalue weighted by molar-refractivity contribution is 5.37. The van der Waals surface area contributed by atoms with E-state index in [1.807, 2.05) is 6.08 Å². The van der Waals surface area contributed by atoms with Crippen LogP contribution in [0.3, 0.4) is 0 Å². The predicted molar refractivity (Wildman–Crippen MR) is 43.1 cm³/mol. The van der Waals surface area contributed by atoms with E-state index in [1.165, 1.54) is 12.8 Å². The van der Waals surface area contributed by atoms with Gasteiger partial charge < -0.3 is 4.74 Å². The van der Waals surface area contributed by atoms with Crippen molar-refractivity contribution >= 4 is 6.47 Å². The van der Waals surface area contributed by atoms with Gasteiger partial charge in [0, 0.05) is 0 Å². The number of hydrogen-bond acceptors (Lipinski definition) is 2. The second kappa shape index (κ2) is 4.16. The van der Waals surface area contributed by atoms with Crippen molar-refractivity contribution in [2.75, 3.05) is 0 Å². The van der Waals surface area contributed by atoms with Gasteiger partial charge in [0.05, 0.1) is 0 Å². The summed E-state index contributed by atoms with van der Waals surface area (Å²) < 4.78 is 4.94. The summed E-state index contributed by atoms with van der Waals surface area (Å²) in [6, 6.07) is 0. The lowest BCUT2D eigenvalue weighted by Crippen LogP contribution is -2.16. The third kappa shape index (κ3) is 2.07. The van der Waals surface area contributed by atoms with Crippen LogP contribution in [0.1, 0.15) is 25.7 Å². The molecule has 1 fully saturated rings. The van der Waals surface area contributed by atoms with Gasteiger partial charge in [0.15, 0.2) is 0 Å². The van der Waals surface area contributed by atoms with E-state index >= 15 is 0 Å². The molecule has 2 nitrogen and oxygen atoms in total. The zero-order valence-electron chi connectivity index (χ0n) is 6.66. The Morgan fingerprint density at radius 3 is 3.00 bits per heavy atom. The molecule has 0 saturated heterocycles. The molecule has 1 saturated carbocycles. The Hall–Kier alpha value is -0.790. The van der Waals surface area contributed by atoms with Gasteiger partial charge in [0.1, 0.15) is 6.10 Å². The Labute approximate surface area is 67.2 Å². The summed E-state index contributed by atoms with van der Waals surface area (Å²) in [6.07, 6.45) is 6.40. The van der Waals surface area contributed by atoms with Gasteiger partial charge in [-0.15, -0.1) is 6.58 Å². The lowest BCUT2D eigenvalue weighted by atomic mass is 10.0.